The summed E-state index contributed by atoms with van der Waals surface area (Å²) in [5, 5.41) is 0. The van der Waals surface area contributed by atoms with E-state index < -0.39 is 5.79 Å². The Labute approximate surface area is 113 Å². The van der Waals surface area contributed by atoms with Crippen LogP contribution in [0.4, 0.5) is 0 Å². The number of carbonyl (C=O) groups is 1. The molecule has 4 heteroatoms. The molecule has 3 nitrogen and oxygen atoms in total. The molecule has 0 amide bonds. The highest BCUT2D eigenvalue weighted by atomic mass is 79.9. The summed E-state index contributed by atoms with van der Waals surface area (Å²) in [7, 11) is 0. The second-order valence-electron chi connectivity index (χ2n) is 4.22. The van der Waals surface area contributed by atoms with E-state index >= 15 is 0 Å². The Hall–Kier alpha value is -1.23. The molecule has 1 aliphatic heterocycles. The summed E-state index contributed by atoms with van der Waals surface area (Å²) in [6.07, 6.45) is 4.62. The minimum Gasteiger partial charge on any atom is -0.337 e. The molecule has 1 aromatic carbocycles. The molecule has 0 aromatic heterocycles. The van der Waals surface area contributed by atoms with Crippen molar-refractivity contribution < 1.29 is 14.3 Å². The lowest BCUT2D eigenvalue weighted by molar-refractivity contribution is -0.163. The van der Waals surface area contributed by atoms with Crippen LogP contribution in [0.2, 0.25) is 0 Å². The average Bonchev–Trinajstić information content (AvgIpc) is 2.81. The zero-order valence-electron chi connectivity index (χ0n) is 9.51. The van der Waals surface area contributed by atoms with E-state index in [9.17, 15) is 4.79 Å². The zero-order chi connectivity index (χ0) is 12.6. The van der Waals surface area contributed by atoms with Gasteiger partial charge in [-0.2, -0.15) is 0 Å². The fraction of sp³-hybridized carbons (Fsp3) is 0.214. The first-order valence-electron chi connectivity index (χ1n) is 5.67. The first kappa shape index (κ1) is 11.8. The van der Waals surface area contributed by atoms with E-state index in [4.69, 9.17) is 9.47 Å². The largest absolute Gasteiger partial charge is 0.337 e. The van der Waals surface area contributed by atoms with E-state index in [-0.39, 0.29) is 11.9 Å². The van der Waals surface area contributed by atoms with Gasteiger partial charge < -0.3 is 9.47 Å². The number of hydrogen-bond donors (Lipinski definition) is 0. The summed E-state index contributed by atoms with van der Waals surface area (Å²) in [6.45, 7) is 0.375. The smallest absolute Gasteiger partial charge is 0.255 e. The van der Waals surface area contributed by atoms with Gasteiger partial charge in [0.15, 0.2) is 0 Å². The minimum absolute atomic E-state index is 0.177. The fourth-order valence-corrected chi connectivity index (χ4v) is 2.52. The van der Waals surface area contributed by atoms with Gasteiger partial charge >= 0.3 is 0 Å². The molecule has 2 aliphatic rings. The van der Waals surface area contributed by atoms with Crippen LogP contribution in [0.1, 0.15) is 11.7 Å². The van der Waals surface area contributed by atoms with Gasteiger partial charge in [-0.05, 0) is 23.8 Å². The molecule has 92 valence electrons. The summed E-state index contributed by atoms with van der Waals surface area (Å²) in [4.78, 5) is 11.9. The SMILES string of the molecule is O=C1C=CC(Br)=C[C@@]12OC[C@@H](c1ccccc1)O2. The highest BCUT2D eigenvalue weighted by Gasteiger charge is 2.47. The van der Waals surface area contributed by atoms with Crippen LogP contribution in [0, 0.1) is 0 Å². The summed E-state index contributed by atoms with van der Waals surface area (Å²) >= 11 is 3.34. The van der Waals surface area contributed by atoms with E-state index in [2.05, 4.69) is 15.9 Å². The van der Waals surface area contributed by atoms with E-state index in [0.29, 0.717) is 6.61 Å². The number of ketones is 1. The summed E-state index contributed by atoms with van der Waals surface area (Å²) in [6, 6.07) is 9.76. The van der Waals surface area contributed by atoms with Crippen LogP contribution < -0.4 is 0 Å². The number of halogens is 1. The van der Waals surface area contributed by atoms with Crippen LogP contribution in [-0.4, -0.2) is 18.2 Å². The Kier molecular flexibility index (Phi) is 2.93. The fourth-order valence-electron chi connectivity index (χ4n) is 2.09. The van der Waals surface area contributed by atoms with Gasteiger partial charge in [-0.25, -0.2) is 0 Å². The van der Waals surface area contributed by atoms with Crippen molar-refractivity contribution in [2.45, 2.75) is 11.9 Å². The Morgan fingerprint density at radius 2 is 2.00 bits per heavy atom. The zero-order valence-corrected chi connectivity index (χ0v) is 11.1. The molecule has 1 heterocycles. The second kappa shape index (κ2) is 4.46. The van der Waals surface area contributed by atoms with Crippen LogP contribution in [0.5, 0.6) is 0 Å². The van der Waals surface area contributed by atoms with Gasteiger partial charge in [-0.1, -0.05) is 46.3 Å². The van der Waals surface area contributed by atoms with Crippen molar-refractivity contribution >= 4 is 21.7 Å². The quantitative estimate of drug-likeness (QED) is 0.800. The highest BCUT2D eigenvalue weighted by molar-refractivity contribution is 9.11. The lowest BCUT2D eigenvalue weighted by Crippen LogP contribution is -2.38. The van der Waals surface area contributed by atoms with Crippen molar-refractivity contribution in [3.8, 4) is 0 Å². The Morgan fingerprint density at radius 1 is 1.22 bits per heavy atom. The monoisotopic (exact) mass is 306 g/mol. The van der Waals surface area contributed by atoms with Gasteiger partial charge in [0.25, 0.3) is 5.79 Å². The molecule has 0 unspecified atom stereocenters. The minimum atomic E-state index is -1.26. The Morgan fingerprint density at radius 3 is 2.78 bits per heavy atom. The maximum absolute atomic E-state index is 11.9. The molecule has 1 aliphatic carbocycles. The topological polar surface area (TPSA) is 35.5 Å². The van der Waals surface area contributed by atoms with Crippen molar-refractivity contribution in [1.82, 2.24) is 0 Å². The van der Waals surface area contributed by atoms with Crippen LogP contribution in [0.25, 0.3) is 0 Å². The van der Waals surface area contributed by atoms with Crippen molar-refractivity contribution in [1.29, 1.82) is 0 Å². The number of benzene rings is 1. The van der Waals surface area contributed by atoms with Gasteiger partial charge in [-0.3, -0.25) is 4.79 Å². The summed E-state index contributed by atoms with van der Waals surface area (Å²) < 4.78 is 12.2. The standard InChI is InChI=1S/C14H11BrO3/c15-11-6-7-13(16)14(8-11)17-9-12(18-14)10-4-2-1-3-5-10/h1-8,12H,9H2/t12-,14-/m0/s1. The molecule has 18 heavy (non-hydrogen) atoms. The summed E-state index contributed by atoms with van der Waals surface area (Å²) in [5.74, 6) is -1.43. The van der Waals surface area contributed by atoms with Crippen molar-refractivity contribution in [2.24, 2.45) is 0 Å². The van der Waals surface area contributed by atoms with Crippen LogP contribution in [0.15, 0.2) is 53.0 Å². The molecule has 0 saturated carbocycles. The normalized spacial score (nSPS) is 30.8. The second-order valence-corrected chi connectivity index (χ2v) is 5.14. The molecule has 1 saturated heterocycles. The number of hydrogen-bond acceptors (Lipinski definition) is 3. The number of ether oxygens (including phenoxy) is 2. The lowest BCUT2D eigenvalue weighted by atomic mass is 10.1. The van der Waals surface area contributed by atoms with Crippen molar-refractivity contribution in [3.05, 3.63) is 58.6 Å². The number of rotatable bonds is 1. The molecule has 0 N–H and O–H groups in total. The van der Waals surface area contributed by atoms with Crippen LogP contribution in [-0.2, 0) is 14.3 Å². The highest BCUT2D eigenvalue weighted by Crippen LogP contribution is 2.38. The van der Waals surface area contributed by atoms with Crippen molar-refractivity contribution in [2.75, 3.05) is 6.61 Å². The molecular weight excluding hydrogens is 296 g/mol. The van der Waals surface area contributed by atoms with E-state index in [1.54, 1.807) is 12.2 Å². The number of carbonyl (C=O) groups excluding carboxylic acids is 1. The summed E-state index contributed by atoms with van der Waals surface area (Å²) in [5.41, 5.74) is 1.02. The Bertz CT molecular complexity index is 535. The van der Waals surface area contributed by atoms with E-state index in [1.165, 1.54) is 6.08 Å². The third-order valence-corrected chi connectivity index (χ3v) is 3.50. The van der Waals surface area contributed by atoms with Gasteiger partial charge in [0.05, 0.1) is 6.61 Å². The first-order chi connectivity index (χ1) is 8.70. The molecule has 1 fully saturated rings. The average molecular weight is 307 g/mol. The maximum atomic E-state index is 11.9. The van der Waals surface area contributed by atoms with Crippen LogP contribution in [0.3, 0.4) is 0 Å². The number of allylic oxidation sites excluding steroid dienone is 2. The molecule has 0 bridgehead atoms. The first-order valence-corrected chi connectivity index (χ1v) is 6.46. The predicted octanol–water partition coefficient (Wildman–Crippen LogP) is 2.89. The molecule has 3 rings (SSSR count). The molecular formula is C14H11BrO3. The van der Waals surface area contributed by atoms with E-state index in [0.717, 1.165) is 10.0 Å². The molecule has 0 radical (unpaired) electrons. The molecule has 2 atom stereocenters. The van der Waals surface area contributed by atoms with Gasteiger partial charge in [0.1, 0.15) is 6.10 Å². The Balaban J connectivity index is 1.87. The van der Waals surface area contributed by atoms with Crippen molar-refractivity contribution in [3.63, 3.8) is 0 Å². The molecule has 1 aromatic rings. The predicted molar refractivity (Wildman–Crippen MR) is 70.1 cm³/mol. The van der Waals surface area contributed by atoms with E-state index in [1.807, 2.05) is 30.3 Å². The van der Waals surface area contributed by atoms with Gasteiger partial charge in [-0.15, -0.1) is 0 Å². The van der Waals surface area contributed by atoms with Crippen LogP contribution >= 0.6 is 15.9 Å². The van der Waals surface area contributed by atoms with Gasteiger partial charge in [0, 0.05) is 4.48 Å². The maximum Gasteiger partial charge on any atom is 0.255 e. The molecule has 1 spiro atoms. The lowest BCUT2D eigenvalue weighted by Gasteiger charge is -2.24. The van der Waals surface area contributed by atoms with Gasteiger partial charge in [0.2, 0.25) is 5.78 Å². The third kappa shape index (κ3) is 1.96. The third-order valence-electron chi connectivity index (χ3n) is 3.00.